The number of hydrogen-bond donors (Lipinski definition) is 7. The third-order valence-electron chi connectivity index (χ3n) is 9.40. The van der Waals surface area contributed by atoms with Crippen LogP contribution in [0, 0.1) is 0 Å². The Morgan fingerprint density at radius 1 is 0.625 bits per heavy atom. The molecule has 1 rings (SSSR count). The molecule has 0 saturated heterocycles. The van der Waals surface area contributed by atoms with Crippen LogP contribution in [0.4, 0.5) is 0 Å². The van der Waals surface area contributed by atoms with Crippen LogP contribution in [-0.2, 0) is 41.8 Å². The number of hydrogen-bond acceptors (Lipinski definition) is 14. The van der Waals surface area contributed by atoms with Gasteiger partial charge in [-0.15, -0.1) is 0 Å². The molecule has 0 aromatic heterocycles. The molecule has 1 aliphatic rings. The van der Waals surface area contributed by atoms with Gasteiger partial charge in [-0.2, -0.15) is 0 Å². The molecule has 1 aliphatic carbocycles. The highest BCUT2D eigenvalue weighted by atomic mass is 31.2. The number of aliphatic hydroxyl groups excluding tert-OH is 4. The molecule has 0 aliphatic heterocycles. The summed E-state index contributed by atoms with van der Waals surface area (Å²) in [5.74, 6) is -1.25. The van der Waals surface area contributed by atoms with Crippen LogP contribution >= 0.6 is 15.6 Å². The van der Waals surface area contributed by atoms with Crippen molar-refractivity contribution < 1.29 is 76.9 Å². The average molecular weight is 848 g/mol. The van der Waals surface area contributed by atoms with Crippen LogP contribution in [0.15, 0.2) is 5.11 Å². The Bertz CT molecular complexity index is 1210. The minimum atomic E-state index is -5.31. The first-order valence-corrected chi connectivity index (χ1v) is 23.1. The van der Waals surface area contributed by atoms with E-state index in [4.69, 9.17) is 33.8 Å². The lowest BCUT2D eigenvalue weighted by Crippen LogP contribution is -2.64. The van der Waals surface area contributed by atoms with E-state index in [0.29, 0.717) is 19.4 Å². The number of carbonyl (C=O) groups is 2. The van der Waals surface area contributed by atoms with Crippen molar-refractivity contribution in [3.05, 3.63) is 10.4 Å². The monoisotopic (exact) mass is 847 g/mol. The molecule has 0 amide bonds. The number of ether oxygens (including phenoxy) is 2. The summed E-state index contributed by atoms with van der Waals surface area (Å²) in [4.78, 5) is 56.3. The first-order chi connectivity index (χ1) is 26.6. The van der Waals surface area contributed by atoms with Gasteiger partial charge in [0.2, 0.25) is 0 Å². The molecule has 1 saturated carbocycles. The third-order valence-corrected chi connectivity index (χ3v) is 10.9. The Morgan fingerprint density at radius 3 is 1.48 bits per heavy atom. The van der Waals surface area contributed by atoms with Gasteiger partial charge in [0, 0.05) is 24.3 Å². The molecule has 0 aromatic rings. The number of esters is 2. The largest absolute Gasteiger partial charge is 0.472 e. The van der Waals surface area contributed by atoms with Gasteiger partial charge in [0.15, 0.2) is 6.10 Å². The van der Waals surface area contributed by atoms with E-state index in [0.717, 1.165) is 64.2 Å². The lowest BCUT2D eigenvalue weighted by Gasteiger charge is -2.43. The number of carbonyl (C=O) groups excluding carboxylic acids is 2. The van der Waals surface area contributed by atoms with Crippen LogP contribution in [0.5, 0.6) is 0 Å². The fraction of sp³-hybridized carbons (Fsp3) is 0.943. The zero-order chi connectivity index (χ0) is 41.8. The Labute approximate surface area is 330 Å². The van der Waals surface area contributed by atoms with Gasteiger partial charge in [-0.25, -0.2) is 9.13 Å². The van der Waals surface area contributed by atoms with Crippen molar-refractivity contribution in [2.24, 2.45) is 5.11 Å². The summed E-state index contributed by atoms with van der Waals surface area (Å²) in [6.07, 6.45) is 5.67. The number of azide groups is 1. The molecule has 0 spiro atoms. The molecule has 328 valence electrons. The van der Waals surface area contributed by atoms with Gasteiger partial charge in [0.05, 0.1) is 6.61 Å². The van der Waals surface area contributed by atoms with E-state index in [1.165, 1.54) is 51.4 Å². The van der Waals surface area contributed by atoms with Crippen LogP contribution in [0.2, 0.25) is 0 Å². The Hall–Kier alpha value is -1.69. The predicted molar refractivity (Wildman–Crippen MR) is 204 cm³/mol. The highest BCUT2D eigenvalue weighted by Crippen LogP contribution is 2.48. The standard InChI is InChI=1S/C35H67N3O16P2/c1-2-3-4-5-6-7-8-9-10-11-13-17-20-23-29(40)52-27(25-50-28(39)22-19-16-14-12-15-18-21-24-37-38-36)26-51-56(48,49)54-35-32(43)30(41)34(31(42)33(35)44)53-55(45,46)47/h27,30-35,41-44H,2-26H2,1H3,(H,48,49)(H2,45,46,47)/t27-,30-,31+,32+,33?,34?,35?/m1/s1. The number of unbranched alkanes of at least 4 members (excludes halogenated alkanes) is 18. The lowest BCUT2D eigenvalue weighted by molar-refractivity contribution is -0.216. The fourth-order valence-electron chi connectivity index (χ4n) is 6.24. The van der Waals surface area contributed by atoms with E-state index >= 15 is 0 Å². The number of aliphatic hydroxyl groups is 4. The van der Waals surface area contributed by atoms with E-state index in [1.54, 1.807) is 0 Å². The second-order valence-electron chi connectivity index (χ2n) is 14.3. The minimum Gasteiger partial charge on any atom is -0.462 e. The lowest BCUT2D eigenvalue weighted by atomic mass is 9.85. The molecule has 21 heteroatoms. The summed E-state index contributed by atoms with van der Waals surface area (Å²) in [5.41, 5.74) is 8.31. The molecule has 7 N–H and O–H groups in total. The molecule has 1 fully saturated rings. The normalized spacial score (nSPS) is 22.9. The summed E-state index contributed by atoms with van der Waals surface area (Å²) >= 11 is 0. The van der Waals surface area contributed by atoms with Gasteiger partial charge in [-0.3, -0.25) is 23.2 Å². The summed E-state index contributed by atoms with van der Waals surface area (Å²) in [6.45, 7) is 1.31. The van der Waals surface area contributed by atoms with Crippen molar-refractivity contribution in [2.45, 2.75) is 191 Å². The highest BCUT2D eigenvalue weighted by Gasteiger charge is 2.54. The zero-order valence-corrected chi connectivity index (χ0v) is 34.5. The number of phosphoric ester groups is 2. The molecule has 56 heavy (non-hydrogen) atoms. The van der Waals surface area contributed by atoms with Gasteiger partial charge in [-0.1, -0.05) is 121 Å². The first kappa shape index (κ1) is 52.3. The smallest absolute Gasteiger partial charge is 0.462 e. The molecule has 0 aromatic carbocycles. The summed E-state index contributed by atoms with van der Waals surface area (Å²) in [7, 11) is -10.6. The van der Waals surface area contributed by atoms with Gasteiger partial charge >= 0.3 is 27.6 Å². The number of phosphoric acid groups is 2. The molecule has 19 nitrogen and oxygen atoms in total. The maximum Gasteiger partial charge on any atom is 0.472 e. The summed E-state index contributed by atoms with van der Waals surface area (Å²) in [6, 6.07) is 0. The van der Waals surface area contributed by atoms with E-state index in [2.05, 4.69) is 21.5 Å². The Balaban J connectivity index is 2.64. The average Bonchev–Trinajstić information content (AvgIpc) is 3.14. The molecular weight excluding hydrogens is 780 g/mol. The van der Waals surface area contributed by atoms with Gasteiger partial charge < -0.3 is 44.6 Å². The fourth-order valence-corrected chi connectivity index (χ4v) is 7.78. The molecule has 4 unspecified atom stereocenters. The number of rotatable bonds is 34. The van der Waals surface area contributed by atoms with Gasteiger partial charge in [0.1, 0.15) is 43.2 Å². The predicted octanol–water partition coefficient (Wildman–Crippen LogP) is 5.79. The molecule has 8 atom stereocenters. The van der Waals surface area contributed by atoms with Crippen molar-refractivity contribution >= 4 is 27.6 Å². The molecule has 0 radical (unpaired) electrons. The second kappa shape index (κ2) is 30.4. The van der Waals surface area contributed by atoms with Gasteiger partial charge in [0.25, 0.3) is 0 Å². The quantitative estimate of drug-likeness (QED) is 0.0101. The maximum atomic E-state index is 12.9. The van der Waals surface area contributed by atoms with E-state index < -0.39 is 83.5 Å². The van der Waals surface area contributed by atoms with Crippen LogP contribution in [0.3, 0.4) is 0 Å². The van der Waals surface area contributed by atoms with E-state index in [-0.39, 0.29) is 12.8 Å². The molecular formula is C35H67N3O16P2. The third kappa shape index (κ3) is 24.9. The van der Waals surface area contributed by atoms with E-state index in [1.807, 2.05) is 0 Å². The van der Waals surface area contributed by atoms with Crippen LogP contribution in [-0.4, -0.2) is 110 Å². The SMILES string of the molecule is CCCCCCCCCCCCCCCC(=O)O[C@H](COC(=O)CCCCCCCCCN=[N+]=[N-])COP(=O)(O)OC1C(O)[C@H](O)C(OP(=O)(O)O)[C@H](O)[C@@H]1O. The first-order valence-electron chi connectivity index (χ1n) is 20.1. The Kier molecular flexibility index (Phi) is 28.4. The topological polar surface area (TPSA) is 305 Å². The molecule has 0 heterocycles. The second-order valence-corrected chi connectivity index (χ2v) is 16.9. The maximum absolute atomic E-state index is 12.9. The Morgan fingerprint density at radius 2 is 1.04 bits per heavy atom. The van der Waals surface area contributed by atoms with Crippen molar-refractivity contribution in [3.63, 3.8) is 0 Å². The van der Waals surface area contributed by atoms with Crippen LogP contribution in [0.1, 0.15) is 148 Å². The summed E-state index contributed by atoms with van der Waals surface area (Å²) in [5, 5.41) is 44.7. The highest BCUT2D eigenvalue weighted by molar-refractivity contribution is 7.47. The van der Waals surface area contributed by atoms with Crippen molar-refractivity contribution in [2.75, 3.05) is 19.8 Å². The van der Waals surface area contributed by atoms with E-state index in [9.17, 15) is 44.0 Å². The van der Waals surface area contributed by atoms with Crippen molar-refractivity contribution in [3.8, 4) is 0 Å². The van der Waals surface area contributed by atoms with Crippen molar-refractivity contribution in [1.82, 2.24) is 0 Å². The zero-order valence-electron chi connectivity index (χ0n) is 32.8. The van der Waals surface area contributed by atoms with Crippen molar-refractivity contribution in [1.29, 1.82) is 0 Å². The van der Waals surface area contributed by atoms with Crippen LogP contribution < -0.4 is 0 Å². The minimum absolute atomic E-state index is 0.0368. The van der Waals surface area contributed by atoms with Crippen LogP contribution in [0.25, 0.3) is 10.4 Å². The number of nitrogens with zero attached hydrogens (tertiary/aromatic N) is 3. The van der Waals surface area contributed by atoms with Gasteiger partial charge in [-0.05, 0) is 24.8 Å². The summed E-state index contributed by atoms with van der Waals surface area (Å²) < 4.78 is 48.8. The molecule has 0 bridgehead atoms.